The van der Waals surface area contributed by atoms with Crippen molar-refractivity contribution in [3.8, 4) is 11.6 Å². The largest absolute Gasteiger partial charge is 0.479 e. The number of anilines is 1. The van der Waals surface area contributed by atoms with Crippen molar-refractivity contribution >= 4 is 33.0 Å². The van der Waals surface area contributed by atoms with Gasteiger partial charge in [-0.1, -0.05) is 0 Å². The summed E-state index contributed by atoms with van der Waals surface area (Å²) in [6, 6.07) is 4.64. The summed E-state index contributed by atoms with van der Waals surface area (Å²) in [5, 5.41) is 0. The van der Waals surface area contributed by atoms with E-state index < -0.39 is 5.82 Å². The standard InChI is InChI=1S/C12H9BrFN5O/c1-20-11-9-10(16-5-17-11)19(12(15)18-9)6-2-3-7(13)8(14)4-6/h2-5H,1H3,(H2,15,18). The Morgan fingerprint density at radius 1 is 1.35 bits per heavy atom. The Balaban J connectivity index is 2.30. The van der Waals surface area contributed by atoms with Gasteiger partial charge in [-0.2, -0.15) is 4.98 Å². The zero-order chi connectivity index (χ0) is 14.3. The molecule has 0 aliphatic heterocycles. The van der Waals surface area contributed by atoms with E-state index in [2.05, 4.69) is 30.9 Å². The summed E-state index contributed by atoms with van der Waals surface area (Å²) in [5.41, 5.74) is 7.29. The van der Waals surface area contributed by atoms with Crippen LogP contribution in [0, 0.1) is 5.82 Å². The third-order valence-electron chi connectivity index (χ3n) is 2.79. The maximum absolute atomic E-state index is 13.7. The number of halogens is 2. The van der Waals surface area contributed by atoms with Crippen LogP contribution in [0.4, 0.5) is 10.3 Å². The number of methoxy groups -OCH3 is 1. The van der Waals surface area contributed by atoms with Crippen LogP contribution in [-0.4, -0.2) is 26.6 Å². The summed E-state index contributed by atoms with van der Waals surface area (Å²) >= 11 is 3.11. The van der Waals surface area contributed by atoms with E-state index in [4.69, 9.17) is 10.5 Å². The van der Waals surface area contributed by atoms with Gasteiger partial charge in [0.2, 0.25) is 11.8 Å². The summed E-state index contributed by atoms with van der Waals surface area (Å²) < 4.78 is 20.7. The minimum Gasteiger partial charge on any atom is -0.479 e. The molecule has 8 heteroatoms. The van der Waals surface area contributed by atoms with E-state index in [1.807, 2.05) is 0 Å². The normalized spacial score (nSPS) is 10.9. The molecule has 0 saturated carbocycles. The van der Waals surface area contributed by atoms with Crippen LogP contribution in [0.25, 0.3) is 16.9 Å². The van der Waals surface area contributed by atoms with Crippen LogP contribution in [0.15, 0.2) is 29.0 Å². The third-order valence-corrected chi connectivity index (χ3v) is 3.43. The van der Waals surface area contributed by atoms with E-state index in [0.29, 0.717) is 27.2 Å². The van der Waals surface area contributed by atoms with Crippen molar-refractivity contribution in [2.75, 3.05) is 12.8 Å². The second-order valence-corrected chi connectivity index (χ2v) is 4.81. The van der Waals surface area contributed by atoms with E-state index in [0.717, 1.165) is 0 Å². The molecule has 20 heavy (non-hydrogen) atoms. The molecule has 6 nitrogen and oxygen atoms in total. The van der Waals surface area contributed by atoms with Crippen LogP contribution in [0.2, 0.25) is 0 Å². The summed E-state index contributed by atoms with van der Waals surface area (Å²) in [4.78, 5) is 12.3. The topological polar surface area (TPSA) is 78.8 Å². The van der Waals surface area contributed by atoms with Gasteiger partial charge in [-0.15, -0.1) is 0 Å². The third kappa shape index (κ3) is 1.88. The number of nitrogens with zero attached hydrogens (tertiary/aromatic N) is 4. The predicted octanol–water partition coefficient (Wildman–Crippen LogP) is 2.31. The first kappa shape index (κ1) is 12.8. The second-order valence-electron chi connectivity index (χ2n) is 3.96. The smallest absolute Gasteiger partial charge is 0.245 e. The molecule has 0 fully saturated rings. The maximum atomic E-state index is 13.7. The molecule has 1 aromatic carbocycles. The first-order chi connectivity index (χ1) is 9.61. The fourth-order valence-electron chi connectivity index (χ4n) is 1.92. The van der Waals surface area contributed by atoms with E-state index >= 15 is 0 Å². The lowest BCUT2D eigenvalue weighted by molar-refractivity contribution is 0.401. The molecule has 0 aliphatic rings. The Kier molecular flexibility index (Phi) is 3.01. The number of rotatable bonds is 2. The van der Waals surface area contributed by atoms with Crippen LogP contribution in [0.1, 0.15) is 0 Å². The first-order valence-corrected chi connectivity index (χ1v) is 6.39. The van der Waals surface area contributed by atoms with Crippen molar-refractivity contribution in [3.63, 3.8) is 0 Å². The van der Waals surface area contributed by atoms with Gasteiger partial charge in [-0.25, -0.2) is 14.4 Å². The zero-order valence-corrected chi connectivity index (χ0v) is 11.9. The molecule has 0 atom stereocenters. The minimum absolute atomic E-state index is 0.181. The van der Waals surface area contributed by atoms with E-state index in [1.54, 1.807) is 12.1 Å². The summed E-state index contributed by atoms with van der Waals surface area (Å²) in [7, 11) is 1.48. The lowest BCUT2D eigenvalue weighted by Crippen LogP contribution is -2.02. The number of nitrogens with two attached hydrogens (primary N) is 1. The molecule has 0 saturated heterocycles. The number of fused-ring (bicyclic) bond motifs is 1. The Labute approximate surface area is 121 Å². The SMILES string of the molecule is COc1ncnc2c1nc(N)n2-c1ccc(Br)c(F)c1. The minimum atomic E-state index is -0.398. The molecule has 0 amide bonds. The van der Waals surface area contributed by atoms with Gasteiger partial charge in [0.1, 0.15) is 12.1 Å². The van der Waals surface area contributed by atoms with Crippen molar-refractivity contribution in [2.24, 2.45) is 0 Å². The van der Waals surface area contributed by atoms with Gasteiger partial charge in [0.15, 0.2) is 11.2 Å². The molecule has 2 heterocycles. The lowest BCUT2D eigenvalue weighted by atomic mass is 10.3. The number of imidazole rings is 1. The van der Waals surface area contributed by atoms with E-state index in [1.165, 1.54) is 24.1 Å². The number of ether oxygens (including phenoxy) is 1. The Morgan fingerprint density at radius 3 is 2.85 bits per heavy atom. The van der Waals surface area contributed by atoms with Gasteiger partial charge in [-0.3, -0.25) is 4.57 Å². The average molecular weight is 338 g/mol. The van der Waals surface area contributed by atoms with Crippen LogP contribution in [0.3, 0.4) is 0 Å². The summed E-state index contributed by atoms with van der Waals surface area (Å²) in [5.74, 6) is 0.100. The first-order valence-electron chi connectivity index (χ1n) is 5.60. The van der Waals surface area contributed by atoms with Crippen molar-refractivity contribution in [3.05, 3.63) is 34.8 Å². The summed E-state index contributed by atoms with van der Waals surface area (Å²) in [6.45, 7) is 0. The molecule has 102 valence electrons. The van der Waals surface area contributed by atoms with Crippen LogP contribution in [-0.2, 0) is 0 Å². The highest BCUT2D eigenvalue weighted by atomic mass is 79.9. The van der Waals surface area contributed by atoms with Crippen molar-refractivity contribution in [2.45, 2.75) is 0 Å². The van der Waals surface area contributed by atoms with Crippen LogP contribution >= 0.6 is 15.9 Å². The molecule has 0 bridgehead atoms. The lowest BCUT2D eigenvalue weighted by Gasteiger charge is -2.06. The zero-order valence-electron chi connectivity index (χ0n) is 10.3. The highest BCUT2D eigenvalue weighted by molar-refractivity contribution is 9.10. The van der Waals surface area contributed by atoms with Gasteiger partial charge in [0.05, 0.1) is 17.3 Å². The van der Waals surface area contributed by atoms with Gasteiger partial charge < -0.3 is 10.5 Å². The van der Waals surface area contributed by atoms with Gasteiger partial charge in [0.25, 0.3) is 0 Å². The van der Waals surface area contributed by atoms with Gasteiger partial charge >= 0.3 is 0 Å². The Morgan fingerprint density at radius 2 is 2.15 bits per heavy atom. The Hall–Kier alpha value is -2.22. The molecule has 3 rings (SSSR count). The fraction of sp³-hybridized carbons (Fsp3) is 0.0833. The second kappa shape index (κ2) is 4.71. The van der Waals surface area contributed by atoms with Gasteiger partial charge in [0, 0.05) is 0 Å². The molecular weight excluding hydrogens is 329 g/mol. The molecule has 3 aromatic rings. The van der Waals surface area contributed by atoms with Crippen LogP contribution in [0.5, 0.6) is 5.88 Å². The average Bonchev–Trinajstić information content (AvgIpc) is 2.78. The van der Waals surface area contributed by atoms with E-state index in [-0.39, 0.29) is 5.95 Å². The quantitative estimate of drug-likeness (QED) is 0.776. The molecule has 0 radical (unpaired) electrons. The maximum Gasteiger partial charge on any atom is 0.245 e. The summed E-state index contributed by atoms with van der Waals surface area (Å²) in [6.07, 6.45) is 1.34. The monoisotopic (exact) mass is 337 g/mol. The molecule has 2 N–H and O–H groups in total. The highest BCUT2D eigenvalue weighted by Crippen LogP contribution is 2.27. The fourth-order valence-corrected chi connectivity index (χ4v) is 2.16. The Bertz CT molecular complexity index is 804. The molecule has 0 aliphatic carbocycles. The number of aromatic nitrogens is 4. The number of hydrogen-bond acceptors (Lipinski definition) is 5. The number of benzene rings is 1. The molecule has 0 spiro atoms. The van der Waals surface area contributed by atoms with Crippen molar-refractivity contribution < 1.29 is 9.13 Å². The highest BCUT2D eigenvalue weighted by Gasteiger charge is 2.16. The van der Waals surface area contributed by atoms with Crippen LogP contribution < -0.4 is 10.5 Å². The molecular formula is C12H9BrFN5O. The van der Waals surface area contributed by atoms with Crippen molar-refractivity contribution in [1.82, 2.24) is 19.5 Å². The molecule has 2 aromatic heterocycles. The number of hydrogen-bond donors (Lipinski definition) is 1. The van der Waals surface area contributed by atoms with E-state index in [9.17, 15) is 4.39 Å². The predicted molar refractivity (Wildman–Crippen MR) is 75.3 cm³/mol. The van der Waals surface area contributed by atoms with Gasteiger partial charge in [-0.05, 0) is 34.1 Å². The molecule has 0 unspecified atom stereocenters. The number of nitrogen functional groups attached to an aromatic ring is 1. The van der Waals surface area contributed by atoms with Crippen molar-refractivity contribution in [1.29, 1.82) is 0 Å².